The number of rotatable bonds is 1. The fourth-order valence-corrected chi connectivity index (χ4v) is 2.41. The topological polar surface area (TPSA) is 66.6 Å². The van der Waals surface area contributed by atoms with Gasteiger partial charge < -0.3 is 4.90 Å². The lowest BCUT2D eigenvalue weighted by Gasteiger charge is -2.34. The summed E-state index contributed by atoms with van der Waals surface area (Å²) in [5.74, 6) is 4.48. The summed E-state index contributed by atoms with van der Waals surface area (Å²) < 4.78 is 0. The monoisotopic (exact) mass is 291 g/mol. The third-order valence-electron chi connectivity index (χ3n) is 3.49. The van der Waals surface area contributed by atoms with E-state index in [1.165, 1.54) is 0 Å². The zero-order valence-corrected chi connectivity index (χ0v) is 12.7. The molecule has 5 nitrogen and oxygen atoms in total. The minimum Gasteiger partial charge on any atom is -0.361 e. The van der Waals surface area contributed by atoms with Crippen molar-refractivity contribution in [2.24, 2.45) is 5.84 Å². The first-order valence-electron chi connectivity index (χ1n) is 6.21. The molecule has 0 aliphatic carbocycles. The molecule has 2 N–H and O–H groups in total. The van der Waals surface area contributed by atoms with Crippen molar-refractivity contribution in [3.05, 3.63) is 34.9 Å². The Kier molecular flexibility index (Phi) is 3.39. The van der Waals surface area contributed by atoms with Crippen LogP contribution in [0, 0.1) is 0 Å². The van der Waals surface area contributed by atoms with Crippen molar-refractivity contribution < 1.29 is 9.59 Å². The summed E-state index contributed by atoms with van der Waals surface area (Å²) in [6, 6.07) is 5.04. The second-order valence-electron chi connectivity index (χ2n) is 5.74. The smallest absolute Gasteiger partial charge is 0.276 e. The van der Waals surface area contributed by atoms with Gasteiger partial charge in [-0.05, 0) is 26.8 Å². The number of thiocarbonyl (C=S) groups is 1. The van der Waals surface area contributed by atoms with Crippen molar-refractivity contribution in [1.82, 2.24) is 9.91 Å². The summed E-state index contributed by atoms with van der Waals surface area (Å²) in [5.41, 5.74) is 0.982. The summed E-state index contributed by atoms with van der Waals surface area (Å²) >= 11 is 5.47. The quantitative estimate of drug-likeness (QED) is 0.368. The molecular formula is C14H17N3O2S. The fraction of sp³-hybridized carbons (Fsp3) is 0.357. The lowest BCUT2D eigenvalue weighted by Crippen LogP contribution is -2.42. The van der Waals surface area contributed by atoms with Crippen molar-refractivity contribution in [2.75, 3.05) is 7.05 Å². The number of nitrogens with two attached hydrogens (primary N) is 1. The molecule has 1 aromatic carbocycles. The molecule has 6 heteroatoms. The second kappa shape index (κ2) is 4.64. The SMILES string of the molecule is CN(C(=S)c1cccc2c1C(=O)N(N)C2=O)C(C)(C)C. The van der Waals surface area contributed by atoms with Crippen LogP contribution in [0.2, 0.25) is 0 Å². The van der Waals surface area contributed by atoms with Crippen molar-refractivity contribution in [3.8, 4) is 0 Å². The molecule has 0 spiro atoms. The van der Waals surface area contributed by atoms with Crippen molar-refractivity contribution in [1.29, 1.82) is 0 Å². The third kappa shape index (κ3) is 2.10. The molecule has 1 aliphatic heterocycles. The van der Waals surface area contributed by atoms with E-state index in [1.54, 1.807) is 18.2 Å². The molecule has 1 aromatic rings. The number of benzene rings is 1. The Hall–Kier alpha value is -1.79. The predicted octanol–water partition coefficient (Wildman–Crippen LogP) is 1.56. The van der Waals surface area contributed by atoms with Crippen molar-refractivity contribution >= 4 is 29.0 Å². The normalized spacial score (nSPS) is 14.6. The number of carbonyl (C=O) groups is 2. The van der Waals surface area contributed by atoms with Crippen LogP contribution in [0.1, 0.15) is 47.1 Å². The number of amides is 2. The van der Waals surface area contributed by atoms with Crippen LogP contribution in [0.3, 0.4) is 0 Å². The number of carbonyl (C=O) groups excluding carboxylic acids is 2. The van der Waals surface area contributed by atoms with Crippen molar-refractivity contribution in [2.45, 2.75) is 26.3 Å². The van der Waals surface area contributed by atoms with Gasteiger partial charge in [0.15, 0.2) is 0 Å². The van der Waals surface area contributed by atoms with Gasteiger partial charge in [-0.25, -0.2) is 10.9 Å². The summed E-state index contributed by atoms with van der Waals surface area (Å²) in [6.45, 7) is 6.06. The average Bonchev–Trinajstić information content (AvgIpc) is 2.61. The summed E-state index contributed by atoms with van der Waals surface area (Å²) in [6.07, 6.45) is 0. The van der Waals surface area contributed by atoms with Crippen LogP contribution >= 0.6 is 12.2 Å². The average molecular weight is 291 g/mol. The Morgan fingerprint density at radius 3 is 2.40 bits per heavy atom. The number of hydrazine groups is 1. The number of fused-ring (bicyclic) bond motifs is 1. The number of imide groups is 1. The minimum absolute atomic E-state index is 0.187. The van der Waals surface area contributed by atoms with Crippen LogP contribution < -0.4 is 5.84 Å². The van der Waals surface area contributed by atoms with E-state index in [4.69, 9.17) is 18.1 Å². The minimum atomic E-state index is -0.509. The first-order valence-corrected chi connectivity index (χ1v) is 6.61. The second-order valence-corrected chi connectivity index (χ2v) is 6.13. The van der Waals surface area contributed by atoms with E-state index in [2.05, 4.69) is 0 Å². The number of hydrogen-bond donors (Lipinski definition) is 1. The highest BCUT2D eigenvalue weighted by atomic mass is 32.1. The van der Waals surface area contributed by atoms with E-state index < -0.39 is 11.8 Å². The number of nitrogens with zero attached hydrogens (tertiary/aromatic N) is 2. The largest absolute Gasteiger partial charge is 0.361 e. The Morgan fingerprint density at radius 2 is 1.85 bits per heavy atom. The molecule has 0 radical (unpaired) electrons. The molecule has 20 heavy (non-hydrogen) atoms. The van der Waals surface area contributed by atoms with Gasteiger partial charge in [0.25, 0.3) is 11.8 Å². The lowest BCUT2D eigenvalue weighted by molar-refractivity contribution is 0.0653. The maximum atomic E-state index is 12.1. The highest BCUT2D eigenvalue weighted by Crippen LogP contribution is 2.26. The van der Waals surface area contributed by atoms with Gasteiger partial charge >= 0.3 is 0 Å². The van der Waals surface area contributed by atoms with Gasteiger partial charge in [0.05, 0.1) is 11.1 Å². The van der Waals surface area contributed by atoms with Crippen LogP contribution in [-0.4, -0.2) is 39.3 Å². The van der Waals surface area contributed by atoms with E-state index in [9.17, 15) is 9.59 Å². The zero-order chi connectivity index (χ0) is 15.2. The standard InChI is InChI=1S/C14H17N3O2S/c1-14(2,3)16(4)13(20)9-7-5-6-8-10(9)12(19)17(15)11(8)18/h5-7H,15H2,1-4H3. The Balaban J connectivity index is 2.55. The van der Waals surface area contributed by atoms with Gasteiger partial charge in [0.1, 0.15) is 4.99 Å². The maximum absolute atomic E-state index is 12.1. The molecule has 0 aromatic heterocycles. The lowest BCUT2D eigenvalue weighted by atomic mass is 10.00. The van der Waals surface area contributed by atoms with Gasteiger partial charge in [-0.1, -0.05) is 24.4 Å². The Labute approximate surface area is 123 Å². The van der Waals surface area contributed by atoms with E-state index >= 15 is 0 Å². The molecule has 0 saturated heterocycles. The van der Waals surface area contributed by atoms with E-state index in [0.29, 0.717) is 26.7 Å². The molecular weight excluding hydrogens is 274 g/mol. The molecule has 106 valence electrons. The first kappa shape index (κ1) is 14.6. The van der Waals surface area contributed by atoms with Crippen LogP contribution in [0.15, 0.2) is 18.2 Å². The van der Waals surface area contributed by atoms with E-state index in [0.717, 1.165) is 0 Å². The van der Waals surface area contributed by atoms with E-state index in [-0.39, 0.29) is 5.54 Å². The summed E-state index contributed by atoms with van der Waals surface area (Å²) in [5, 5.41) is 0.633. The number of hydrogen-bond acceptors (Lipinski definition) is 4. The summed E-state index contributed by atoms with van der Waals surface area (Å²) in [4.78, 5) is 26.4. The Morgan fingerprint density at radius 1 is 1.25 bits per heavy atom. The van der Waals surface area contributed by atoms with Crippen LogP contribution in [0.4, 0.5) is 0 Å². The molecule has 0 atom stereocenters. The van der Waals surface area contributed by atoms with Crippen LogP contribution in [0.5, 0.6) is 0 Å². The van der Waals surface area contributed by atoms with Gasteiger partial charge in [-0.2, -0.15) is 0 Å². The highest BCUT2D eigenvalue weighted by molar-refractivity contribution is 7.80. The van der Waals surface area contributed by atoms with Crippen LogP contribution in [-0.2, 0) is 0 Å². The molecule has 2 amide bonds. The van der Waals surface area contributed by atoms with Gasteiger partial charge in [0, 0.05) is 18.2 Å². The molecule has 0 saturated carbocycles. The molecule has 1 heterocycles. The van der Waals surface area contributed by atoms with E-state index in [1.807, 2.05) is 32.7 Å². The molecule has 0 fully saturated rings. The van der Waals surface area contributed by atoms with Gasteiger partial charge in [0.2, 0.25) is 0 Å². The molecule has 0 unspecified atom stereocenters. The fourth-order valence-electron chi connectivity index (χ4n) is 1.97. The molecule has 1 aliphatic rings. The van der Waals surface area contributed by atoms with Crippen molar-refractivity contribution in [3.63, 3.8) is 0 Å². The highest BCUT2D eigenvalue weighted by Gasteiger charge is 2.37. The van der Waals surface area contributed by atoms with Gasteiger partial charge in [-0.15, -0.1) is 0 Å². The first-order chi connectivity index (χ1) is 9.16. The Bertz CT molecular complexity index is 619. The molecule has 0 bridgehead atoms. The maximum Gasteiger partial charge on any atom is 0.276 e. The predicted molar refractivity (Wildman–Crippen MR) is 80.3 cm³/mol. The van der Waals surface area contributed by atoms with Crippen LogP contribution in [0.25, 0.3) is 0 Å². The van der Waals surface area contributed by atoms with Gasteiger partial charge in [-0.3, -0.25) is 9.59 Å². The third-order valence-corrected chi connectivity index (χ3v) is 3.98. The molecule has 2 rings (SSSR count). The zero-order valence-electron chi connectivity index (χ0n) is 11.9. The summed E-state index contributed by atoms with van der Waals surface area (Å²) in [7, 11) is 1.86.